The lowest BCUT2D eigenvalue weighted by molar-refractivity contribution is -0.118. The van der Waals surface area contributed by atoms with Crippen molar-refractivity contribution >= 4 is 38.9 Å². The van der Waals surface area contributed by atoms with Crippen LogP contribution in [0.1, 0.15) is 0 Å². The second kappa shape index (κ2) is 7.59. The van der Waals surface area contributed by atoms with Crippen molar-refractivity contribution in [3.63, 3.8) is 0 Å². The summed E-state index contributed by atoms with van der Waals surface area (Å²) in [6, 6.07) is 15.9. The monoisotopic (exact) mass is 405 g/mol. The predicted octanol–water partition coefficient (Wildman–Crippen LogP) is 5.33. The molecule has 1 N–H and O–H groups in total. The van der Waals surface area contributed by atoms with Crippen LogP contribution in [-0.4, -0.2) is 12.5 Å². The molecular formula is C18H13BrFNO2S. The molecule has 6 heteroatoms. The summed E-state index contributed by atoms with van der Waals surface area (Å²) >= 11 is 4.77. The van der Waals surface area contributed by atoms with Gasteiger partial charge in [0.15, 0.2) is 18.2 Å². The van der Waals surface area contributed by atoms with Crippen LogP contribution >= 0.6 is 27.3 Å². The van der Waals surface area contributed by atoms with Gasteiger partial charge in [-0.25, -0.2) is 4.39 Å². The Balaban J connectivity index is 1.67. The molecule has 0 fully saturated rings. The fraction of sp³-hybridized carbons (Fsp3) is 0.0556. The minimum absolute atomic E-state index is 0.0416. The summed E-state index contributed by atoms with van der Waals surface area (Å²) in [5.41, 5.74) is 1.64. The zero-order valence-corrected chi connectivity index (χ0v) is 14.9. The van der Waals surface area contributed by atoms with E-state index in [1.165, 1.54) is 12.1 Å². The highest BCUT2D eigenvalue weighted by Crippen LogP contribution is 2.31. The van der Waals surface area contributed by atoms with E-state index in [-0.39, 0.29) is 18.3 Å². The van der Waals surface area contributed by atoms with Gasteiger partial charge in [-0.15, -0.1) is 11.3 Å². The highest BCUT2D eigenvalue weighted by molar-refractivity contribution is 9.10. The fourth-order valence-corrected chi connectivity index (χ4v) is 3.26. The number of carbonyl (C=O) groups excluding carboxylic acids is 1. The third-order valence-electron chi connectivity index (χ3n) is 3.24. The summed E-state index contributed by atoms with van der Waals surface area (Å²) in [6.07, 6.45) is 0. The molecule has 3 rings (SSSR count). The maximum Gasteiger partial charge on any atom is 0.262 e. The minimum Gasteiger partial charge on any atom is -0.481 e. The van der Waals surface area contributed by atoms with Crippen LogP contribution in [0, 0.1) is 5.82 Å². The molecule has 1 aromatic heterocycles. The molecule has 0 bridgehead atoms. The smallest absolute Gasteiger partial charge is 0.262 e. The largest absolute Gasteiger partial charge is 0.481 e. The van der Waals surface area contributed by atoms with Gasteiger partial charge in [-0.05, 0) is 35.7 Å². The number of thiophene rings is 1. The van der Waals surface area contributed by atoms with Crippen LogP contribution in [0.2, 0.25) is 0 Å². The van der Waals surface area contributed by atoms with Gasteiger partial charge in [0.1, 0.15) is 0 Å². The van der Waals surface area contributed by atoms with Crippen molar-refractivity contribution in [1.82, 2.24) is 0 Å². The average molecular weight is 406 g/mol. The second-order valence-electron chi connectivity index (χ2n) is 4.93. The van der Waals surface area contributed by atoms with Gasteiger partial charge in [0.25, 0.3) is 5.91 Å². The summed E-state index contributed by atoms with van der Waals surface area (Å²) in [6.45, 7) is -0.267. The number of anilines is 1. The average Bonchev–Trinajstić information content (AvgIpc) is 3.09. The topological polar surface area (TPSA) is 38.3 Å². The number of hydrogen-bond donors (Lipinski definition) is 1. The van der Waals surface area contributed by atoms with Gasteiger partial charge >= 0.3 is 0 Å². The van der Waals surface area contributed by atoms with Crippen LogP contribution in [0.25, 0.3) is 10.4 Å². The number of rotatable bonds is 5. The van der Waals surface area contributed by atoms with Crippen molar-refractivity contribution in [3.8, 4) is 16.2 Å². The Morgan fingerprint density at radius 1 is 1.17 bits per heavy atom. The maximum absolute atomic E-state index is 13.7. The SMILES string of the molecule is O=C(COc1ccc(Br)cc1F)Nc1ccccc1-c1cccs1. The minimum atomic E-state index is -0.517. The van der Waals surface area contributed by atoms with Crippen molar-refractivity contribution in [3.05, 3.63) is 70.3 Å². The van der Waals surface area contributed by atoms with Crippen molar-refractivity contribution in [2.75, 3.05) is 11.9 Å². The van der Waals surface area contributed by atoms with Gasteiger partial charge in [-0.1, -0.05) is 40.2 Å². The Hall–Kier alpha value is -2.18. The van der Waals surface area contributed by atoms with Crippen LogP contribution in [0.4, 0.5) is 10.1 Å². The molecule has 1 heterocycles. The molecule has 0 aliphatic carbocycles. The van der Waals surface area contributed by atoms with Crippen molar-refractivity contribution in [2.45, 2.75) is 0 Å². The third kappa shape index (κ3) is 4.01. The maximum atomic E-state index is 13.7. The Morgan fingerprint density at radius 3 is 2.75 bits per heavy atom. The van der Waals surface area contributed by atoms with Crippen molar-refractivity contribution in [2.24, 2.45) is 0 Å². The van der Waals surface area contributed by atoms with E-state index in [0.29, 0.717) is 10.2 Å². The van der Waals surface area contributed by atoms with Crippen molar-refractivity contribution < 1.29 is 13.9 Å². The molecule has 0 saturated heterocycles. The number of hydrogen-bond acceptors (Lipinski definition) is 3. The van der Waals surface area contributed by atoms with Gasteiger partial charge in [0.2, 0.25) is 0 Å². The molecule has 3 nitrogen and oxygen atoms in total. The molecule has 3 aromatic rings. The summed E-state index contributed by atoms with van der Waals surface area (Å²) in [7, 11) is 0. The molecule has 0 spiro atoms. The van der Waals surface area contributed by atoms with Gasteiger partial charge < -0.3 is 10.1 Å². The number of para-hydroxylation sites is 1. The normalized spacial score (nSPS) is 10.4. The Morgan fingerprint density at radius 2 is 2.00 bits per heavy atom. The highest BCUT2D eigenvalue weighted by Gasteiger charge is 2.11. The van der Waals surface area contributed by atoms with Gasteiger partial charge in [-0.3, -0.25) is 4.79 Å². The van der Waals surface area contributed by atoms with Gasteiger partial charge in [-0.2, -0.15) is 0 Å². The predicted molar refractivity (Wildman–Crippen MR) is 98.0 cm³/mol. The number of benzene rings is 2. The standard InChI is InChI=1S/C18H13BrFNO2S/c19-12-7-8-16(14(20)10-12)23-11-18(22)21-15-5-2-1-4-13(15)17-6-3-9-24-17/h1-10H,11H2,(H,21,22). The van der Waals surface area contributed by atoms with E-state index in [4.69, 9.17) is 4.74 Å². The lowest BCUT2D eigenvalue weighted by atomic mass is 10.1. The molecule has 1 amide bonds. The molecule has 0 atom stereocenters. The molecule has 2 aromatic carbocycles. The first kappa shape index (κ1) is 16.7. The van der Waals surface area contributed by atoms with E-state index < -0.39 is 5.82 Å². The van der Waals surface area contributed by atoms with E-state index >= 15 is 0 Å². The lowest BCUT2D eigenvalue weighted by Gasteiger charge is -2.11. The summed E-state index contributed by atoms with van der Waals surface area (Å²) in [5, 5.41) is 4.79. The summed E-state index contributed by atoms with van der Waals surface area (Å²) in [5.74, 6) is -0.822. The van der Waals surface area contributed by atoms with E-state index in [9.17, 15) is 9.18 Å². The van der Waals surface area contributed by atoms with Gasteiger partial charge in [0, 0.05) is 20.6 Å². The number of amides is 1. The van der Waals surface area contributed by atoms with Gasteiger partial charge in [0.05, 0.1) is 0 Å². The first-order chi connectivity index (χ1) is 11.6. The van der Waals surface area contributed by atoms with Crippen LogP contribution in [0.3, 0.4) is 0 Å². The number of carbonyl (C=O) groups is 1. The summed E-state index contributed by atoms with van der Waals surface area (Å²) < 4.78 is 19.6. The van der Waals surface area contributed by atoms with Crippen LogP contribution < -0.4 is 10.1 Å². The molecule has 0 unspecified atom stereocenters. The number of ether oxygens (including phenoxy) is 1. The van der Waals surface area contributed by atoms with Crippen LogP contribution in [0.5, 0.6) is 5.75 Å². The molecule has 0 aliphatic rings. The summed E-state index contributed by atoms with van der Waals surface area (Å²) in [4.78, 5) is 13.2. The Labute approximate surface area is 151 Å². The van der Waals surface area contributed by atoms with E-state index in [2.05, 4.69) is 21.2 Å². The first-order valence-electron chi connectivity index (χ1n) is 7.14. The highest BCUT2D eigenvalue weighted by atomic mass is 79.9. The Kier molecular flexibility index (Phi) is 5.27. The zero-order chi connectivity index (χ0) is 16.9. The molecule has 122 valence electrons. The Bertz CT molecular complexity index is 852. The molecule has 0 saturated carbocycles. The zero-order valence-electron chi connectivity index (χ0n) is 12.5. The lowest BCUT2D eigenvalue weighted by Crippen LogP contribution is -2.20. The molecule has 24 heavy (non-hydrogen) atoms. The van der Waals surface area contributed by atoms with Crippen LogP contribution in [-0.2, 0) is 4.79 Å². The fourth-order valence-electron chi connectivity index (χ4n) is 2.16. The molecular weight excluding hydrogens is 393 g/mol. The van der Waals surface area contributed by atoms with E-state index in [0.717, 1.165) is 10.4 Å². The van der Waals surface area contributed by atoms with Crippen LogP contribution in [0.15, 0.2) is 64.5 Å². The van der Waals surface area contributed by atoms with E-state index in [1.54, 1.807) is 17.4 Å². The molecule has 0 radical (unpaired) electrons. The van der Waals surface area contributed by atoms with Crippen molar-refractivity contribution in [1.29, 1.82) is 0 Å². The number of nitrogens with one attached hydrogen (secondary N) is 1. The van der Waals surface area contributed by atoms with E-state index in [1.807, 2.05) is 41.8 Å². The second-order valence-corrected chi connectivity index (χ2v) is 6.80. The number of halogens is 2. The quantitative estimate of drug-likeness (QED) is 0.622. The molecule has 0 aliphatic heterocycles. The third-order valence-corrected chi connectivity index (χ3v) is 4.64. The first-order valence-corrected chi connectivity index (χ1v) is 8.81.